The number of carbonyl (C=O) groups excluding carboxylic acids is 2. The Hall–Kier alpha value is -1.46. The van der Waals surface area contributed by atoms with E-state index in [0.29, 0.717) is 15.7 Å². The molecule has 0 N–H and O–H groups in total. The lowest BCUT2D eigenvalue weighted by atomic mass is 9.90. The number of hydrogen-bond donors (Lipinski definition) is 0. The zero-order valence-corrected chi connectivity index (χ0v) is 11.4. The van der Waals surface area contributed by atoms with Crippen molar-refractivity contribution < 1.29 is 9.59 Å². The first-order chi connectivity index (χ1) is 8.93. The lowest BCUT2D eigenvalue weighted by molar-refractivity contribution is -0.122. The Morgan fingerprint density at radius 3 is 2.47 bits per heavy atom. The van der Waals surface area contributed by atoms with Gasteiger partial charge in [-0.05, 0) is 25.1 Å². The quantitative estimate of drug-likeness (QED) is 0.748. The zero-order valence-electron chi connectivity index (χ0n) is 9.93. The van der Waals surface area contributed by atoms with E-state index in [4.69, 9.17) is 23.2 Å². The second-order valence-corrected chi connectivity index (χ2v) is 5.60. The van der Waals surface area contributed by atoms with Crippen LogP contribution in [0, 0.1) is 5.92 Å². The van der Waals surface area contributed by atoms with Crippen LogP contribution in [-0.2, 0) is 9.59 Å². The lowest BCUT2D eigenvalue weighted by Gasteiger charge is -2.17. The van der Waals surface area contributed by atoms with Gasteiger partial charge in [0.1, 0.15) is 0 Å². The van der Waals surface area contributed by atoms with Gasteiger partial charge in [0.05, 0.1) is 18.2 Å². The molecule has 98 valence electrons. The van der Waals surface area contributed by atoms with E-state index in [-0.39, 0.29) is 18.4 Å². The van der Waals surface area contributed by atoms with Gasteiger partial charge in [-0.2, -0.15) is 10.2 Å². The normalized spacial score (nSPS) is 29.2. The van der Waals surface area contributed by atoms with Gasteiger partial charge in [0.2, 0.25) is 5.91 Å². The monoisotopic (exact) mass is 297 g/mol. The fourth-order valence-electron chi connectivity index (χ4n) is 2.42. The summed E-state index contributed by atoms with van der Waals surface area (Å²) in [6.45, 7) is 1.87. The predicted octanol–water partition coefficient (Wildman–Crippen LogP) is 2.71. The van der Waals surface area contributed by atoms with Gasteiger partial charge in [0.15, 0.2) is 5.54 Å². The summed E-state index contributed by atoms with van der Waals surface area (Å²) < 4.78 is 0. The molecule has 19 heavy (non-hydrogen) atoms. The summed E-state index contributed by atoms with van der Waals surface area (Å²) in [5, 5.41) is 8.47. The molecule has 0 aromatic heterocycles. The fraction of sp³-hybridized carbons (Fsp3) is 0.333. The largest absolute Gasteiger partial charge is 0.274 e. The van der Waals surface area contributed by atoms with Crippen LogP contribution < -0.4 is 4.90 Å². The van der Waals surface area contributed by atoms with Crippen LogP contribution in [0.3, 0.4) is 0 Å². The third-order valence-corrected chi connectivity index (χ3v) is 3.92. The first-order valence-electron chi connectivity index (χ1n) is 5.66. The Labute approximate surface area is 119 Å². The first kappa shape index (κ1) is 12.6. The number of hydrogen-bond acceptors (Lipinski definition) is 4. The number of anilines is 1. The number of azo groups is 1. The molecule has 0 bridgehead atoms. The summed E-state index contributed by atoms with van der Waals surface area (Å²) in [5.41, 5.74) is -0.718. The Morgan fingerprint density at radius 1 is 1.26 bits per heavy atom. The van der Waals surface area contributed by atoms with Gasteiger partial charge in [-0.3, -0.25) is 9.59 Å². The van der Waals surface area contributed by atoms with Crippen molar-refractivity contribution in [3.05, 3.63) is 28.2 Å². The van der Waals surface area contributed by atoms with Crippen molar-refractivity contribution in [3.8, 4) is 0 Å². The van der Waals surface area contributed by atoms with Crippen molar-refractivity contribution in [1.29, 1.82) is 0 Å². The number of carbonyl (C=O) groups is 2. The van der Waals surface area contributed by atoms with E-state index in [1.165, 1.54) is 12.1 Å². The van der Waals surface area contributed by atoms with Crippen molar-refractivity contribution in [2.75, 3.05) is 11.4 Å². The van der Waals surface area contributed by atoms with Crippen LogP contribution >= 0.6 is 23.2 Å². The molecule has 1 fully saturated rings. The molecule has 5 nitrogen and oxygen atoms in total. The topological polar surface area (TPSA) is 62.1 Å². The minimum absolute atomic E-state index is 0.242. The molecule has 0 saturated carbocycles. The van der Waals surface area contributed by atoms with E-state index in [1.807, 2.05) is 0 Å². The summed E-state index contributed by atoms with van der Waals surface area (Å²) in [7, 11) is 0. The van der Waals surface area contributed by atoms with E-state index in [9.17, 15) is 9.59 Å². The van der Waals surface area contributed by atoms with Crippen LogP contribution in [0.2, 0.25) is 10.0 Å². The summed E-state index contributed by atoms with van der Waals surface area (Å²) in [6, 6.07) is 4.61. The van der Waals surface area contributed by atoms with E-state index < -0.39 is 11.5 Å². The Kier molecular flexibility index (Phi) is 2.66. The van der Waals surface area contributed by atoms with Gasteiger partial charge in [-0.15, -0.1) is 0 Å². The lowest BCUT2D eigenvalue weighted by Crippen LogP contribution is -2.37. The number of fused-ring (bicyclic) bond motifs is 1. The van der Waals surface area contributed by atoms with Gasteiger partial charge in [0.25, 0.3) is 5.91 Å². The number of nitrogens with zero attached hydrogens (tertiary/aromatic N) is 3. The molecule has 0 spiro atoms. The number of benzene rings is 1. The third kappa shape index (κ3) is 1.69. The van der Waals surface area contributed by atoms with Crippen molar-refractivity contribution in [2.45, 2.75) is 12.5 Å². The van der Waals surface area contributed by atoms with Crippen LogP contribution in [0.5, 0.6) is 0 Å². The molecule has 2 aliphatic rings. The maximum Gasteiger partial charge on any atom is 0.264 e. The van der Waals surface area contributed by atoms with Gasteiger partial charge >= 0.3 is 0 Å². The van der Waals surface area contributed by atoms with E-state index >= 15 is 0 Å². The van der Waals surface area contributed by atoms with Crippen molar-refractivity contribution in [2.24, 2.45) is 16.1 Å². The molecule has 7 heteroatoms. The number of amides is 2. The highest BCUT2D eigenvalue weighted by molar-refractivity contribution is 6.36. The number of imide groups is 1. The Bertz CT molecular complexity index is 611. The maximum absolute atomic E-state index is 12.4. The molecule has 3 rings (SSSR count). The molecule has 2 aliphatic heterocycles. The standard InChI is InChI=1S/C12H9Cl2N3O2/c1-12-9(5-15-16-12)10(18)17(11(12)19)8-3-6(13)2-7(14)4-8/h2-4,9H,5H2,1H3. The summed E-state index contributed by atoms with van der Waals surface area (Å²) in [6.07, 6.45) is 0. The van der Waals surface area contributed by atoms with E-state index in [2.05, 4.69) is 10.2 Å². The molecular weight excluding hydrogens is 289 g/mol. The highest BCUT2D eigenvalue weighted by Gasteiger charge is 2.60. The van der Waals surface area contributed by atoms with Gasteiger partial charge in [0, 0.05) is 10.0 Å². The summed E-state index contributed by atoms with van der Waals surface area (Å²) in [4.78, 5) is 25.8. The SMILES string of the molecule is CC12N=NCC1C(=O)N(c1cc(Cl)cc(Cl)c1)C2=O. The smallest absolute Gasteiger partial charge is 0.264 e. The highest BCUT2D eigenvalue weighted by atomic mass is 35.5. The molecule has 2 amide bonds. The van der Waals surface area contributed by atoms with Gasteiger partial charge in [-0.1, -0.05) is 23.2 Å². The van der Waals surface area contributed by atoms with Crippen LogP contribution in [-0.4, -0.2) is 23.9 Å². The third-order valence-electron chi connectivity index (χ3n) is 3.48. The van der Waals surface area contributed by atoms with Crippen LogP contribution in [0.1, 0.15) is 6.92 Å². The van der Waals surface area contributed by atoms with Crippen LogP contribution in [0.15, 0.2) is 28.4 Å². The van der Waals surface area contributed by atoms with Gasteiger partial charge < -0.3 is 0 Å². The average Bonchev–Trinajstić information content (AvgIpc) is 2.77. The van der Waals surface area contributed by atoms with Crippen LogP contribution in [0.4, 0.5) is 5.69 Å². The molecule has 2 heterocycles. The van der Waals surface area contributed by atoms with Gasteiger partial charge in [-0.25, -0.2) is 4.90 Å². The molecule has 2 unspecified atom stereocenters. The molecule has 0 radical (unpaired) electrons. The second kappa shape index (κ2) is 4.02. The van der Waals surface area contributed by atoms with Crippen LogP contribution in [0.25, 0.3) is 0 Å². The second-order valence-electron chi connectivity index (χ2n) is 4.73. The molecule has 0 aliphatic carbocycles. The van der Waals surface area contributed by atoms with E-state index in [0.717, 1.165) is 4.90 Å². The Morgan fingerprint density at radius 2 is 1.89 bits per heavy atom. The summed E-state index contributed by atoms with van der Waals surface area (Å²) >= 11 is 11.8. The first-order valence-corrected chi connectivity index (χ1v) is 6.42. The highest BCUT2D eigenvalue weighted by Crippen LogP contribution is 2.41. The Balaban J connectivity index is 2.09. The molecule has 2 atom stereocenters. The molecule has 1 aromatic rings. The average molecular weight is 298 g/mol. The van der Waals surface area contributed by atoms with Crippen molar-refractivity contribution in [3.63, 3.8) is 0 Å². The number of rotatable bonds is 1. The molecule has 1 aromatic carbocycles. The van der Waals surface area contributed by atoms with Crippen molar-refractivity contribution in [1.82, 2.24) is 0 Å². The minimum atomic E-state index is -1.09. The fourth-order valence-corrected chi connectivity index (χ4v) is 2.94. The molecular formula is C12H9Cl2N3O2. The van der Waals surface area contributed by atoms with Crippen molar-refractivity contribution >= 4 is 40.7 Å². The number of halogens is 2. The maximum atomic E-state index is 12.4. The minimum Gasteiger partial charge on any atom is -0.274 e. The molecule has 1 saturated heterocycles. The van der Waals surface area contributed by atoms with E-state index in [1.54, 1.807) is 13.0 Å². The predicted molar refractivity (Wildman–Crippen MR) is 70.6 cm³/mol. The zero-order chi connectivity index (χ0) is 13.8. The summed E-state index contributed by atoms with van der Waals surface area (Å²) in [5.74, 6) is -1.23.